The third kappa shape index (κ3) is 6.22. The predicted octanol–water partition coefficient (Wildman–Crippen LogP) is 2.35. The first-order chi connectivity index (χ1) is 20.2. The Balaban J connectivity index is 1.85. The summed E-state index contributed by atoms with van der Waals surface area (Å²) in [6.07, 6.45) is 0.691. The number of likely N-dealkylation sites (N-methyl/N-ethyl adjacent to an activating group) is 1. The van der Waals surface area contributed by atoms with Crippen LogP contribution in [0.15, 0.2) is 54.6 Å². The van der Waals surface area contributed by atoms with E-state index < -0.39 is 18.1 Å². The quantitative estimate of drug-likeness (QED) is 0.313. The molecule has 0 aromatic heterocycles. The molecule has 11 nitrogen and oxygen atoms in total. The van der Waals surface area contributed by atoms with Crippen molar-refractivity contribution in [3.8, 4) is 5.75 Å². The second kappa shape index (κ2) is 13.5. The van der Waals surface area contributed by atoms with Gasteiger partial charge >= 0.3 is 5.97 Å². The van der Waals surface area contributed by atoms with Gasteiger partial charge in [-0.25, -0.2) is 4.79 Å². The third-order valence-corrected chi connectivity index (χ3v) is 7.48. The summed E-state index contributed by atoms with van der Waals surface area (Å²) < 4.78 is 10.6. The van der Waals surface area contributed by atoms with Gasteiger partial charge < -0.3 is 35.6 Å². The molecule has 0 aliphatic carbocycles. The van der Waals surface area contributed by atoms with E-state index in [0.717, 1.165) is 10.8 Å². The zero-order chi connectivity index (χ0) is 30.4. The van der Waals surface area contributed by atoms with Gasteiger partial charge in [-0.05, 0) is 68.0 Å². The molecule has 2 atom stereocenters. The van der Waals surface area contributed by atoms with Crippen LogP contribution in [0.5, 0.6) is 5.75 Å². The number of carbonyl (C=O) groups excluding carboxylic acids is 4. The van der Waals surface area contributed by atoms with E-state index in [1.165, 1.54) is 7.11 Å². The zero-order valence-corrected chi connectivity index (χ0v) is 24.3. The monoisotopic (exact) mass is 575 g/mol. The Bertz CT molecular complexity index is 1490. The summed E-state index contributed by atoms with van der Waals surface area (Å²) in [6, 6.07) is 14.4. The second-order valence-corrected chi connectivity index (χ2v) is 10.1. The first kappa shape index (κ1) is 30.5. The summed E-state index contributed by atoms with van der Waals surface area (Å²) in [7, 11) is 4.53. The lowest BCUT2D eigenvalue weighted by atomic mass is 10.00. The van der Waals surface area contributed by atoms with Crippen molar-refractivity contribution in [2.75, 3.05) is 44.2 Å². The van der Waals surface area contributed by atoms with Crippen molar-refractivity contribution in [1.29, 1.82) is 0 Å². The number of fused-ring (bicyclic) bond motifs is 2. The van der Waals surface area contributed by atoms with Gasteiger partial charge in [0.05, 0.1) is 50.3 Å². The van der Waals surface area contributed by atoms with Gasteiger partial charge in [0.25, 0.3) is 5.91 Å². The number of ether oxygens (including phenoxy) is 2. The molecule has 3 aromatic carbocycles. The number of nitrogens with two attached hydrogens (primary N) is 1. The van der Waals surface area contributed by atoms with Gasteiger partial charge in [-0.2, -0.15) is 0 Å². The molecule has 222 valence electrons. The number of nitrogens with zero attached hydrogens (tertiary/aromatic N) is 2. The summed E-state index contributed by atoms with van der Waals surface area (Å²) in [6.45, 7) is 2.08. The standard InChI is InChI=1S/C31H37N5O6/c1-19(33-2)29(38)34-24-18-35(28(37)10-7-15-32)25-8-5-6-9-26(25)36(30(24)39)17-23-22-13-11-21(31(40)42-4)16-20(22)12-14-27(23)41-3/h5-6,8-9,11-14,16,19,24,33H,7,10,15,17-18,32H2,1-4H3,(H,34,38)/t19?,24-/m0/s1. The van der Waals surface area contributed by atoms with Gasteiger partial charge in [-0.3, -0.25) is 14.4 Å². The van der Waals surface area contributed by atoms with Gasteiger partial charge in [0, 0.05) is 12.0 Å². The fourth-order valence-electron chi connectivity index (χ4n) is 5.04. The molecule has 11 heteroatoms. The van der Waals surface area contributed by atoms with Crippen LogP contribution in [0.3, 0.4) is 0 Å². The number of amides is 3. The third-order valence-electron chi connectivity index (χ3n) is 7.48. The number of para-hydroxylation sites is 2. The number of hydrogen-bond acceptors (Lipinski definition) is 8. The molecular formula is C31H37N5O6. The van der Waals surface area contributed by atoms with Crippen LogP contribution in [0, 0.1) is 0 Å². The second-order valence-electron chi connectivity index (χ2n) is 10.1. The molecule has 1 unspecified atom stereocenters. The maximum atomic E-state index is 14.3. The Labute approximate surface area is 244 Å². The first-order valence-electron chi connectivity index (χ1n) is 13.8. The van der Waals surface area contributed by atoms with Crippen molar-refractivity contribution < 1.29 is 28.7 Å². The van der Waals surface area contributed by atoms with E-state index >= 15 is 0 Å². The Morgan fingerprint density at radius 3 is 2.48 bits per heavy atom. The normalized spacial score (nSPS) is 15.5. The predicted molar refractivity (Wildman–Crippen MR) is 161 cm³/mol. The maximum absolute atomic E-state index is 14.3. The van der Waals surface area contributed by atoms with Crippen LogP contribution in [-0.2, 0) is 25.7 Å². The molecule has 3 aromatic rings. The van der Waals surface area contributed by atoms with Crippen molar-refractivity contribution in [3.05, 3.63) is 65.7 Å². The molecule has 0 bridgehead atoms. The number of nitrogens with one attached hydrogen (secondary N) is 2. The van der Waals surface area contributed by atoms with Gasteiger partial charge in [0.2, 0.25) is 11.8 Å². The van der Waals surface area contributed by atoms with Crippen molar-refractivity contribution in [1.82, 2.24) is 10.6 Å². The molecule has 0 radical (unpaired) electrons. The lowest BCUT2D eigenvalue weighted by Gasteiger charge is -2.27. The number of rotatable bonds is 10. The van der Waals surface area contributed by atoms with E-state index in [4.69, 9.17) is 15.2 Å². The average Bonchev–Trinajstić information content (AvgIpc) is 3.13. The van der Waals surface area contributed by atoms with Crippen molar-refractivity contribution in [3.63, 3.8) is 0 Å². The summed E-state index contributed by atoms with van der Waals surface area (Å²) in [4.78, 5) is 56.0. The molecule has 4 rings (SSSR count). The van der Waals surface area contributed by atoms with E-state index in [2.05, 4.69) is 10.6 Å². The van der Waals surface area contributed by atoms with Crippen LogP contribution in [0.2, 0.25) is 0 Å². The Morgan fingerprint density at radius 2 is 1.81 bits per heavy atom. The number of hydrogen-bond donors (Lipinski definition) is 3. The number of methoxy groups -OCH3 is 2. The molecular weight excluding hydrogens is 538 g/mol. The molecule has 0 fully saturated rings. The highest BCUT2D eigenvalue weighted by Crippen LogP contribution is 2.37. The molecule has 0 saturated heterocycles. The number of benzene rings is 3. The van der Waals surface area contributed by atoms with Gasteiger partial charge in [0.1, 0.15) is 11.8 Å². The topological polar surface area (TPSA) is 143 Å². The van der Waals surface area contributed by atoms with E-state index in [0.29, 0.717) is 41.2 Å². The highest BCUT2D eigenvalue weighted by molar-refractivity contribution is 6.08. The van der Waals surface area contributed by atoms with Gasteiger partial charge in [-0.1, -0.05) is 24.3 Å². The molecule has 3 amide bonds. The van der Waals surface area contributed by atoms with Crippen LogP contribution < -0.4 is 30.9 Å². The molecule has 1 aliphatic rings. The molecule has 0 spiro atoms. The minimum absolute atomic E-state index is 0.0346. The minimum atomic E-state index is -1.02. The highest BCUT2D eigenvalue weighted by atomic mass is 16.5. The van der Waals surface area contributed by atoms with Crippen LogP contribution in [0.1, 0.15) is 35.7 Å². The van der Waals surface area contributed by atoms with Crippen LogP contribution in [-0.4, -0.2) is 70.1 Å². The van der Waals surface area contributed by atoms with Crippen LogP contribution in [0.25, 0.3) is 10.8 Å². The summed E-state index contributed by atoms with van der Waals surface area (Å²) in [5.74, 6) is -0.850. The molecule has 4 N–H and O–H groups in total. The van der Waals surface area contributed by atoms with E-state index in [1.54, 1.807) is 79.4 Å². The van der Waals surface area contributed by atoms with E-state index in [-0.39, 0.29) is 37.2 Å². The van der Waals surface area contributed by atoms with Crippen molar-refractivity contribution in [2.24, 2.45) is 5.73 Å². The summed E-state index contributed by atoms with van der Waals surface area (Å²) >= 11 is 0. The molecule has 1 aliphatic heterocycles. The van der Waals surface area contributed by atoms with E-state index in [9.17, 15) is 19.2 Å². The smallest absolute Gasteiger partial charge is 0.337 e. The van der Waals surface area contributed by atoms with E-state index in [1.807, 2.05) is 6.07 Å². The largest absolute Gasteiger partial charge is 0.496 e. The zero-order valence-electron chi connectivity index (χ0n) is 24.3. The molecule has 42 heavy (non-hydrogen) atoms. The molecule has 0 saturated carbocycles. The SMILES string of the molecule is CNC(C)C(=O)N[C@H]1CN(C(=O)CCCN)c2ccccc2N(Cc2c(OC)ccc3cc(C(=O)OC)ccc23)C1=O. The summed E-state index contributed by atoms with van der Waals surface area (Å²) in [5.41, 5.74) is 7.84. The van der Waals surface area contributed by atoms with Crippen LogP contribution >= 0.6 is 0 Å². The lowest BCUT2D eigenvalue weighted by molar-refractivity contribution is -0.128. The van der Waals surface area contributed by atoms with Crippen molar-refractivity contribution in [2.45, 2.75) is 38.4 Å². The first-order valence-corrected chi connectivity index (χ1v) is 13.8. The van der Waals surface area contributed by atoms with Gasteiger partial charge in [-0.15, -0.1) is 0 Å². The Kier molecular flexibility index (Phi) is 9.76. The van der Waals surface area contributed by atoms with Crippen LogP contribution in [0.4, 0.5) is 11.4 Å². The molecule has 1 heterocycles. The fourth-order valence-corrected chi connectivity index (χ4v) is 5.04. The lowest BCUT2D eigenvalue weighted by Crippen LogP contribution is -2.55. The number of anilines is 2. The van der Waals surface area contributed by atoms with Gasteiger partial charge in [0.15, 0.2) is 0 Å². The average molecular weight is 576 g/mol. The highest BCUT2D eigenvalue weighted by Gasteiger charge is 2.37. The number of carbonyl (C=O) groups is 4. The minimum Gasteiger partial charge on any atom is -0.496 e. The number of esters is 1. The van der Waals surface area contributed by atoms with Crippen molar-refractivity contribution >= 4 is 45.8 Å². The summed E-state index contributed by atoms with van der Waals surface area (Å²) in [5, 5.41) is 7.27. The maximum Gasteiger partial charge on any atom is 0.337 e. The Hall–Kier alpha value is -4.48. The fraction of sp³-hybridized carbons (Fsp3) is 0.355. The Morgan fingerprint density at radius 1 is 1.07 bits per heavy atom.